The number of aliphatic hydroxyl groups is 1. The molecule has 1 heterocycles. The van der Waals surface area contributed by atoms with Crippen LogP contribution in [0.2, 0.25) is 0 Å². The van der Waals surface area contributed by atoms with Gasteiger partial charge in [-0.15, -0.1) is 0 Å². The van der Waals surface area contributed by atoms with Gasteiger partial charge in [-0.3, -0.25) is 0 Å². The fraction of sp³-hybridized carbons (Fsp3) is 0.667. The van der Waals surface area contributed by atoms with Crippen LogP contribution in [0.4, 0.5) is 16.2 Å². The summed E-state index contributed by atoms with van der Waals surface area (Å²) in [5.41, 5.74) is 0. The molecule has 19 heavy (non-hydrogen) atoms. The zero-order valence-electron chi connectivity index (χ0n) is 11.2. The quantitative estimate of drug-likeness (QED) is 0.572. The summed E-state index contributed by atoms with van der Waals surface area (Å²) in [4.78, 5) is 7.96. The van der Waals surface area contributed by atoms with Crippen molar-refractivity contribution in [3.8, 4) is 0 Å². The SMILES string of the molecule is CCCNc1ncc(F)c(NCCSCCCO)n1. The number of hydrogen-bond acceptors (Lipinski definition) is 6. The predicted octanol–water partition coefficient (Wildman–Crippen LogP) is 1.97. The van der Waals surface area contributed by atoms with Gasteiger partial charge in [0.15, 0.2) is 11.6 Å². The van der Waals surface area contributed by atoms with E-state index in [0.717, 1.165) is 30.9 Å². The number of nitrogens with one attached hydrogen (secondary N) is 2. The van der Waals surface area contributed by atoms with Crippen LogP contribution in [-0.4, -0.2) is 46.3 Å². The van der Waals surface area contributed by atoms with Crippen LogP contribution in [0.3, 0.4) is 0 Å². The molecule has 0 radical (unpaired) electrons. The molecule has 108 valence electrons. The molecule has 0 unspecified atom stereocenters. The molecular formula is C12H21FN4OS. The van der Waals surface area contributed by atoms with E-state index in [9.17, 15) is 4.39 Å². The Labute approximate surface area is 117 Å². The van der Waals surface area contributed by atoms with Gasteiger partial charge in [-0.25, -0.2) is 9.37 Å². The molecule has 0 bridgehead atoms. The molecule has 0 atom stereocenters. The average Bonchev–Trinajstić information content (AvgIpc) is 2.43. The van der Waals surface area contributed by atoms with Gasteiger partial charge in [0.2, 0.25) is 5.95 Å². The third-order valence-electron chi connectivity index (χ3n) is 2.26. The Morgan fingerprint density at radius 3 is 2.89 bits per heavy atom. The molecule has 0 fully saturated rings. The molecule has 0 aliphatic heterocycles. The molecule has 0 aromatic carbocycles. The summed E-state index contributed by atoms with van der Waals surface area (Å²) in [6.45, 7) is 3.66. The highest BCUT2D eigenvalue weighted by atomic mass is 32.2. The molecule has 0 amide bonds. The van der Waals surface area contributed by atoms with Gasteiger partial charge in [0.05, 0.1) is 6.20 Å². The van der Waals surface area contributed by atoms with Gasteiger partial charge < -0.3 is 15.7 Å². The second kappa shape index (κ2) is 9.80. The van der Waals surface area contributed by atoms with Gasteiger partial charge in [-0.05, 0) is 18.6 Å². The second-order valence-corrected chi connectivity index (χ2v) is 5.16. The van der Waals surface area contributed by atoms with Crippen molar-refractivity contribution in [2.24, 2.45) is 0 Å². The van der Waals surface area contributed by atoms with Gasteiger partial charge in [0.1, 0.15) is 0 Å². The van der Waals surface area contributed by atoms with E-state index in [2.05, 4.69) is 20.6 Å². The van der Waals surface area contributed by atoms with Gasteiger partial charge in [0.25, 0.3) is 0 Å². The van der Waals surface area contributed by atoms with Crippen LogP contribution in [0.5, 0.6) is 0 Å². The van der Waals surface area contributed by atoms with Gasteiger partial charge in [-0.2, -0.15) is 16.7 Å². The molecule has 7 heteroatoms. The van der Waals surface area contributed by atoms with Crippen molar-refractivity contribution < 1.29 is 9.50 Å². The van der Waals surface area contributed by atoms with Crippen molar-refractivity contribution in [3.63, 3.8) is 0 Å². The van der Waals surface area contributed by atoms with E-state index in [1.165, 1.54) is 6.20 Å². The summed E-state index contributed by atoms with van der Waals surface area (Å²) < 4.78 is 13.5. The van der Waals surface area contributed by atoms with Crippen molar-refractivity contribution >= 4 is 23.5 Å². The van der Waals surface area contributed by atoms with Crippen molar-refractivity contribution in [2.45, 2.75) is 19.8 Å². The Morgan fingerprint density at radius 1 is 1.32 bits per heavy atom. The van der Waals surface area contributed by atoms with Crippen molar-refractivity contribution in [1.29, 1.82) is 0 Å². The first-order valence-electron chi connectivity index (χ1n) is 6.46. The van der Waals surface area contributed by atoms with Crippen LogP contribution < -0.4 is 10.6 Å². The molecule has 1 aromatic rings. The van der Waals surface area contributed by atoms with E-state index in [1.807, 2.05) is 6.92 Å². The average molecular weight is 288 g/mol. The first kappa shape index (κ1) is 16.0. The number of aromatic nitrogens is 2. The van der Waals surface area contributed by atoms with E-state index < -0.39 is 5.82 Å². The molecule has 3 N–H and O–H groups in total. The third-order valence-corrected chi connectivity index (χ3v) is 3.33. The molecule has 0 saturated heterocycles. The first-order chi connectivity index (χ1) is 9.27. The number of halogens is 1. The molecule has 0 saturated carbocycles. The maximum atomic E-state index is 13.5. The largest absolute Gasteiger partial charge is 0.396 e. The van der Waals surface area contributed by atoms with Crippen LogP contribution in [-0.2, 0) is 0 Å². The van der Waals surface area contributed by atoms with Crippen LogP contribution >= 0.6 is 11.8 Å². The normalized spacial score (nSPS) is 10.5. The minimum absolute atomic E-state index is 0.216. The number of anilines is 2. The maximum absolute atomic E-state index is 13.5. The van der Waals surface area contributed by atoms with Gasteiger partial charge in [0, 0.05) is 25.4 Å². The highest BCUT2D eigenvalue weighted by Crippen LogP contribution is 2.12. The minimum Gasteiger partial charge on any atom is -0.396 e. The number of aliphatic hydroxyl groups excluding tert-OH is 1. The van der Waals surface area contributed by atoms with Crippen LogP contribution in [0.1, 0.15) is 19.8 Å². The summed E-state index contributed by atoms with van der Waals surface area (Å²) in [6, 6.07) is 0. The lowest BCUT2D eigenvalue weighted by molar-refractivity contribution is 0.296. The van der Waals surface area contributed by atoms with E-state index in [0.29, 0.717) is 12.5 Å². The van der Waals surface area contributed by atoms with E-state index in [4.69, 9.17) is 5.11 Å². The van der Waals surface area contributed by atoms with Gasteiger partial charge in [-0.1, -0.05) is 6.92 Å². The Bertz CT molecular complexity index is 368. The monoisotopic (exact) mass is 288 g/mol. The van der Waals surface area contributed by atoms with E-state index in [-0.39, 0.29) is 12.4 Å². The summed E-state index contributed by atoms with van der Waals surface area (Å²) in [7, 11) is 0. The number of nitrogens with zero attached hydrogens (tertiary/aromatic N) is 2. The molecule has 1 rings (SSSR count). The highest BCUT2D eigenvalue weighted by molar-refractivity contribution is 7.99. The van der Waals surface area contributed by atoms with Crippen LogP contribution in [0.15, 0.2) is 6.20 Å². The standard InChI is InChI=1S/C12H21FN4OS/c1-2-4-15-12-16-9-10(13)11(17-12)14-5-8-19-7-3-6-18/h9,18H,2-8H2,1H3,(H2,14,15,16,17). The lowest BCUT2D eigenvalue weighted by atomic mass is 10.5. The summed E-state index contributed by atoms with van der Waals surface area (Å²) >= 11 is 1.72. The smallest absolute Gasteiger partial charge is 0.224 e. The summed E-state index contributed by atoms with van der Waals surface area (Å²) in [5.74, 6) is 1.99. The number of rotatable bonds is 10. The second-order valence-electron chi connectivity index (χ2n) is 3.93. The molecule has 0 aliphatic rings. The Balaban J connectivity index is 2.34. The molecule has 0 spiro atoms. The fourth-order valence-corrected chi connectivity index (χ4v) is 2.11. The topological polar surface area (TPSA) is 70.1 Å². The van der Waals surface area contributed by atoms with Crippen molar-refractivity contribution in [2.75, 3.05) is 41.8 Å². The lowest BCUT2D eigenvalue weighted by Gasteiger charge is -2.08. The third kappa shape index (κ3) is 6.58. The molecule has 1 aromatic heterocycles. The Kier molecular flexibility index (Phi) is 8.24. The molecule has 0 aliphatic carbocycles. The van der Waals surface area contributed by atoms with Gasteiger partial charge >= 0.3 is 0 Å². The summed E-state index contributed by atoms with van der Waals surface area (Å²) in [5, 5.41) is 14.6. The Morgan fingerprint density at radius 2 is 2.16 bits per heavy atom. The number of thioether (sulfide) groups is 1. The lowest BCUT2D eigenvalue weighted by Crippen LogP contribution is -2.11. The number of hydrogen-bond donors (Lipinski definition) is 3. The zero-order chi connectivity index (χ0) is 13.9. The minimum atomic E-state index is -0.442. The van der Waals surface area contributed by atoms with Crippen molar-refractivity contribution in [1.82, 2.24) is 9.97 Å². The maximum Gasteiger partial charge on any atom is 0.224 e. The van der Waals surface area contributed by atoms with E-state index >= 15 is 0 Å². The molecule has 5 nitrogen and oxygen atoms in total. The highest BCUT2D eigenvalue weighted by Gasteiger charge is 2.05. The summed E-state index contributed by atoms with van der Waals surface area (Å²) in [6.07, 6.45) is 2.93. The molecular weight excluding hydrogens is 267 g/mol. The predicted molar refractivity (Wildman–Crippen MR) is 78.3 cm³/mol. The van der Waals surface area contributed by atoms with Crippen LogP contribution in [0, 0.1) is 5.82 Å². The zero-order valence-corrected chi connectivity index (χ0v) is 12.0. The first-order valence-corrected chi connectivity index (χ1v) is 7.62. The Hall–Kier alpha value is -1.08. The fourth-order valence-electron chi connectivity index (χ4n) is 1.32. The van der Waals surface area contributed by atoms with Crippen LogP contribution in [0.25, 0.3) is 0 Å². The van der Waals surface area contributed by atoms with Crippen molar-refractivity contribution in [3.05, 3.63) is 12.0 Å². The van der Waals surface area contributed by atoms with E-state index in [1.54, 1.807) is 11.8 Å².